The third-order valence-corrected chi connectivity index (χ3v) is 8.74. The van der Waals surface area contributed by atoms with Crippen molar-refractivity contribution in [2.75, 3.05) is 7.11 Å². The van der Waals surface area contributed by atoms with Gasteiger partial charge in [-0.05, 0) is 84.6 Å². The first-order valence-corrected chi connectivity index (χ1v) is 12.4. The van der Waals surface area contributed by atoms with Crippen LogP contribution >= 0.6 is 0 Å². The number of Topliss-reactive ketones (excluding diaryl/α,β-unsaturated/α-hetero) is 1. The van der Waals surface area contributed by atoms with Gasteiger partial charge in [0.25, 0.3) is 0 Å². The number of methoxy groups -OCH3 is 1. The van der Waals surface area contributed by atoms with E-state index in [1.54, 1.807) is 0 Å². The normalized spacial score (nSPS) is 30.2. The summed E-state index contributed by atoms with van der Waals surface area (Å²) in [7, 11) is 1.44. The number of carbonyl (C=O) groups is 2. The lowest BCUT2D eigenvalue weighted by molar-refractivity contribution is -0.141. The maximum atomic E-state index is 13.1. The van der Waals surface area contributed by atoms with Gasteiger partial charge in [0.15, 0.2) is 0 Å². The van der Waals surface area contributed by atoms with Crippen molar-refractivity contribution in [2.24, 2.45) is 23.2 Å². The lowest BCUT2D eigenvalue weighted by atomic mass is 9.54. The molecule has 4 heteroatoms. The van der Waals surface area contributed by atoms with Crippen LogP contribution in [0.2, 0.25) is 0 Å². The Kier molecular flexibility index (Phi) is 6.03. The number of esters is 1. The average Bonchev–Trinajstić information content (AvgIpc) is 3.11. The lowest BCUT2D eigenvalue weighted by Gasteiger charge is -2.50. The summed E-state index contributed by atoms with van der Waals surface area (Å²) in [5.41, 5.74) is 3.80. The summed E-state index contributed by atoms with van der Waals surface area (Å²) in [6.07, 6.45) is 5.98. The molecule has 2 aromatic carbocycles. The van der Waals surface area contributed by atoms with Gasteiger partial charge in [0.05, 0.1) is 7.11 Å². The van der Waals surface area contributed by atoms with Crippen molar-refractivity contribution < 1.29 is 19.1 Å². The highest BCUT2D eigenvalue weighted by molar-refractivity contribution is 5.87. The van der Waals surface area contributed by atoms with Gasteiger partial charge in [0, 0.05) is 18.3 Å². The summed E-state index contributed by atoms with van der Waals surface area (Å²) in [4.78, 5) is 24.9. The van der Waals surface area contributed by atoms with Crippen LogP contribution in [0.25, 0.3) is 0 Å². The molecule has 174 valence electrons. The quantitative estimate of drug-likeness (QED) is 0.521. The molecule has 0 spiro atoms. The van der Waals surface area contributed by atoms with Crippen LogP contribution < -0.4 is 4.74 Å². The van der Waals surface area contributed by atoms with Gasteiger partial charge in [-0.25, -0.2) is 0 Å². The van der Waals surface area contributed by atoms with Crippen molar-refractivity contribution in [1.82, 2.24) is 0 Å². The van der Waals surface area contributed by atoms with E-state index in [9.17, 15) is 9.59 Å². The minimum atomic E-state index is -0.224. The number of ketones is 1. The number of carbonyl (C=O) groups excluding carboxylic acids is 2. The Morgan fingerprint density at radius 1 is 1.12 bits per heavy atom. The summed E-state index contributed by atoms with van der Waals surface area (Å²) in [6.45, 7) is 2.78. The fourth-order valence-corrected chi connectivity index (χ4v) is 7.12. The molecule has 0 amide bonds. The summed E-state index contributed by atoms with van der Waals surface area (Å²) in [6, 6.07) is 16.9. The maximum absolute atomic E-state index is 13.1. The van der Waals surface area contributed by atoms with Gasteiger partial charge in [-0.15, -0.1) is 0 Å². The molecule has 3 aliphatic rings. The second-order valence-corrected chi connectivity index (χ2v) is 10.4. The molecule has 0 aromatic heterocycles. The SMILES string of the molecule is COC(=O)CCC1CC(=O)C2(C)CCC3c4ccc(OCc5ccccc5)cc4CCC3C12. The number of rotatable bonds is 6. The lowest BCUT2D eigenvalue weighted by Crippen LogP contribution is -2.44. The van der Waals surface area contributed by atoms with Crippen LogP contribution in [-0.2, 0) is 27.4 Å². The van der Waals surface area contributed by atoms with E-state index in [2.05, 4.69) is 37.3 Å². The minimum absolute atomic E-state index is 0.166. The molecule has 0 aliphatic heterocycles. The van der Waals surface area contributed by atoms with E-state index in [1.165, 1.54) is 23.8 Å². The van der Waals surface area contributed by atoms with Crippen molar-refractivity contribution in [1.29, 1.82) is 0 Å². The molecule has 2 fully saturated rings. The van der Waals surface area contributed by atoms with Crippen LogP contribution in [0.1, 0.15) is 68.1 Å². The van der Waals surface area contributed by atoms with E-state index < -0.39 is 0 Å². The van der Waals surface area contributed by atoms with Crippen LogP contribution in [0.5, 0.6) is 5.75 Å². The Hall–Kier alpha value is -2.62. The molecule has 3 aliphatic carbocycles. The van der Waals surface area contributed by atoms with E-state index in [4.69, 9.17) is 9.47 Å². The molecule has 2 saturated carbocycles. The van der Waals surface area contributed by atoms with Crippen LogP contribution in [0.15, 0.2) is 48.5 Å². The number of ether oxygens (including phenoxy) is 2. The highest BCUT2D eigenvalue weighted by Crippen LogP contribution is 2.62. The van der Waals surface area contributed by atoms with E-state index in [1.807, 2.05) is 18.2 Å². The molecule has 0 radical (unpaired) electrons. The van der Waals surface area contributed by atoms with Crippen molar-refractivity contribution in [3.8, 4) is 5.75 Å². The van der Waals surface area contributed by atoms with Gasteiger partial charge in [0.1, 0.15) is 18.1 Å². The van der Waals surface area contributed by atoms with Crippen molar-refractivity contribution in [2.45, 2.75) is 64.4 Å². The van der Waals surface area contributed by atoms with Gasteiger partial charge < -0.3 is 9.47 Å². The predicted molar refractivity (Wildman–Crippen MR) is 127 cm³/mol. The number of aryl methyl sites for hydroxylation is 1. The molecule has 33 heavy (non-hydrogen) atoms. The number of hydrogen-bond acceptors (Lipinski definition) is 4. The molecule has 0 heterocycles. The largest absolute Gasteiger partial charge is 0.489 e. The first kappa shape index (κ1) is 22.2. The first-order chi connectivity index (χ1) is 16.0. The zero-order valence-corrected chi connectivity index (χ0v) is 19.7. The zero-order chi connectivity index (χ0) is 23.0. The summed E-state index contributed by atoms with van der Waals surface area (Å²) < 4.78 is 11.0. The number of fused-ring (bicyclic) bond motifs is 5. The van der Waals surface area contributed by atoms with E-state index in [-0.39, 0.29) is 11.4 Å². The van der Waals surface area contributed by atoms with E-state index in [0.717, 1.165) is 37.9 Å². The first-order valence-electron chi connectivity index (χ1n) is 12.4. The molecule has 5 atom stereocenters. The summed E-state index contributed by atoms with van der Waals surface area (Å²) in [5, 5.41) is 0. The van der Waals surface area contributed by atoms with Crippen LogP contribution in [0, 0.1) is 23.2 Å². The Morgan fingerprint density at radius 3 is 2.73 bits per heavy atom. The maximum Gasteiger partial charge on any atom is 0.305 e. The highest BCUT2D eigenvalue weighted by Gasteiger charge is 2.58. The Morgan fingerprint density at radius 2 is 1.94 bits per heavy atom. The van der Waals surface area contributed by atoms with Gasteiger partial charge in [-0.2, -0.15) is 0 Å². The van der Waals surface area contributed by atoms with Gasteiger partial charge >= 0.3 is 5.97 Å². The Balaban J connectivity index is 1.34. The van der Waals surface area contributed by atoms with Crippen LogP contribution in [0.4, 0.5) is 0 Å². The third-order valence-electron chi connectivity index (χ3n) is 8.74. The molecular formula is C29H34O4. The minimum Gasteiger partial charge on any atom is -0.489 e. The second-order valence-electron chi connectivity index (χ2n) is 10.4. The predicted octanol–water partition coefficient (Wildman–Crippen LogP) is 5.87. The Bertz CT molecular complexity index is 1030. The zero-order valence-electron chi connectivity index (χ0n) is 19.7. The molecular weight excluding hydrogens is 412 g/mol. The molecule has 0 saturated heterocycles. The fourth-order valence-electron chi connectivity index (χ4n) is 7.12. The molecule has 0 N–H and O–H groups in total. The smallest absolute Gasteiger partial charge is 0.305 e. The monoisotopic (exact) mass is 446 g/mol. The number of benzene rings is 2. The molecule has 2 aromatic rings. The molecule has 5 unspecified atom stereocenters. The van der Waals surface area contributed by atoms with Crippen LogP contribution in [0.3, 0.4) is 0 Å². The molecule has 5 rings (SSSR count). The Labute approximate surface area is 196 Å². The van der Waals surface area contributed by atoms with E-state index in [0.29, 0.717) is 48.9 Å². The highest BCUT2D eigenvalue weighted by atomic mass is 16.5. The molecule has 4 nitrogen and oxygen atoms in total. The standard InChI is InChI=1S/C29H34O4/c1-29-15-14-24-23-12-10-22(33-18-19-6-4-3-5-7-19)16-20(23)8-11-25(24)28(29)21(17-26(29)30)9-13-27(31)32-2/h3-7,10,12,16,21,24-25,28H,8-9,11,13-15,17-18H2,1-2H3. The third kappa shape index (κ3) is 4.09. The second kappa shape index (κ2) is 8.96. The topological polar surface area (TPSA) is 52.6 Å². The van der Waals surface area contributed by atoms with Gasteiger partial charge in [-0.3, -0.25) is 9.59 Å². The number of hydrogen-bond donors (Lipinski definition) is 0. The van der Waals surface area contributed by atoms with Gasteiger partial charge in [-0.1, -0.05) is 43.3 Å². The van der Waals surface area contributed by atoms with Crippen molar-refractivity contribution in [3.63, 3.8) is 0 Å². The van der Waals surface area contributed by atoms with E-state index >= 15 is 0 Å². The summed E-state index contributed by atoms with van der Waals surface area (Å²) in [5.74, 6) is 2.86. The van der Waals surface area contributed by atoms with Crippen molar-refractivity contribution >= 4 is 11.8 Å². The summed E-state index contributed by atoms with van der Waals surface area (Å²) >= 11 is 0. The van der Waals surface area contributed by atoms with Crippen molar-refractivity contribution in [3.05, 3.63) is 65.2 Å². The van der Waals surface area contributed by atoms with Crippen LogP contribution in [-0.4, -0.2) is 18.9 Å². The molecule has 0 bridgehead atoms. The van der Waals surface area contributed by atoms with Gasteiger partial charge in [0.2, 0.25) is 0 Å². The fraction of sp³-hybridized carbons (Fsp3) is 0.517. The average molecular weight is 447 g/mol.